The number of fused-ring (bicyclic) bond motifs is 1. The zero-order chi connectivity index (χ0) is 17.4. The maximum atomic E-state index is 12.6. The number of rotatable bonds is 3. The van der Waals surface area contributed by atoms with Crippen molar-refractivity contribution in [3.63, 3.8) is 0 Å². The molecule has 0 fully saturated rings. The molecule has 0 saturated heterocycles. The van der Waals surface area contributed by atoms with Crippen LogP contribution in [0, 0.1) is 13.8 Å². The van der Waals surface area contributed by atoms with Crippen molar-refractivity contribution in [3.05, 3.63) is 70.9 Å². The molecule has 0 aliphatic heterocycles. The van der Waals surface area contributed by atoms with Gasteiger partial charge in [-0.05, 0) is 38.1 Å². The molecule has 2 aromatic heterocycles. The molecule has 1 N–H and O–H groups in total. The molecule has 0 radical (unpaired) electrons. The molecule has 126 valence electrons. The highest BCUT2D eigenvalue weighted by Gasteiger charge is 2.31. The number of aromatic nitrogens is 2. The van der Waals surface area contributed by atoms with Gasteiger partial charge in [0.1, 0.15) is 5.76 Å². The van der Waals surface area contributed by atoms with Crippen molar-refractivity contribution in [1.29, 1.82) is 0 Å². The number of benzene rings is 1. The molecule has 4 rings (SSSR count). The van der Waals surface area contributed by atoms with Gasteiger partial charge in [-0.2, -0.15) is 0 Å². The van der Waals surface area contributed by atoms with Gasteiger partial charge in [-0.15, -0.1) is 0 Å². The summed E-state index contributed by atoms with van der Waals surface area (Å²) >= 11 is 0. The zero-order valence-corrected chi connectivity index (χ0v) is 14.2. The molecule has 3 aromatic rings. The van der Waals surface area contributed by atoms with Crippen molar-refractivity contribution >= 4 is 17.4 Å². The molecule has 0 spiro atoms. The number of furan rings is 1. The average molecular weight is 333 g/mol. The number of hydrogen-bond acceptors (Lipinski definition) is 5. The van der Waals surface area contributed by atoms with Crippen LogP contribution in [-0.4, -0.2) is 15.8 Å². The van der Waals surface area contributed by atoms with Crippen LogP contribution in [0.15, 0.2) is 47.1 Å². The van der Waals surface area contributed by atoms with Gasteiger partial charge in [-0.25, -0.2) is 9.97 Å². The van der Waals surface area contributed by atoms with Gasteiger partial charge < -0.3 is 9.73 Å². The van der Waals surface area contributed by atoms with Crippen molar-refractivity contribution in [2.45, 2.75) is 32.6 Å². The molecule has 1 aromatic carbocycles. The molecule has 5 heteroatoms. The number of nitrogens with zero attached hydrogens (tertiary/aromatic N) is 2. The van der Waals surface area contributed by atoms with Gasteiger partial charge in [0.05, 0.1) is 23.2 Å². The zero-order valence-electron chi connectivity index (χ0n) is 14.2. The largest absolute Gasteiger partial charge is 0.469 e. The SMILES string of the molecule is Cc1ccc(Nc2nc(C)c3c(n2)C[C@@H](c2ccco2)CC3=O)cc1. The fraction of sp³-hybridized carbons (Fsp3) is 0.250. The Bertz CT molecular complexity index is 915. The smallest absolute Gasteiger partial charge is 0.227 e. The first-order chi connectivity index (χ1) is 12.1. The Morgan fingerprint density at radius 2 is 1.88 bits per heavy atom. The third kappa shape index (κ3) is 3.05. The molecular formula is C20H19N3O2. The van der Waals surface area contributed by atoms with Crippen LogP contribution in [0.5, 0.6) is 0 Å². The Morgan fingerprint density at radius 3 is 2.60 bits per heavy atom. The third-order valence-corrected chi connectivity index (χ3v) is 4.57. The summed E-state index contributed by atoms with van der Waals surface area (Å²) in [5, 5.41) is 3.23. The average Bonchev–Trinajstić information content (AvgIpc) is 3.11. The molecule has 0 bridgehead atoms. The Kier molecular flexibility index (Phi) is 3.84. The summed E-state index contributed by atoms with van der Waals surface area (Å²) in [4.78, 5) is 21.7. The summed E-state index contributed by atoms with van der Waals surface area (Å²) in [5.74, 6) is 1.48. The number of hydrogen-bond donors (Lipinski definition) is 1. The van der Waals surface area contributed by atoms with Crippen LogP contribution in [-0.2, 0) is 6.42 Å². The van der Waals surface area contributed by atoms with Crippen molar-refractivity contribution in [3.8, 4) is 0 Å². The number of carbonyl (C=O) groups excluding carboxylic acids is 1. The Balaban J connectivity index is 1.66. The van der Waals surface area contributed by atoms with Gasteiger partial charge in [0.25, 0.3) is 0 Å². The van der Waals surface area contributed by atoms with Crippen molar-refractivity contribution in [2.75, 3.05) is 5.32 Å². The van der Waals surface area contributed by atoms with Crippen LogP contribution in [0.25, 0.3) is 0 Å². The quantitative estimate of drug-likeness (QED) is 0.772. The summed E-state index contributed by atoms with van der Waals surface area (Å²) in [5.41, 5.74) is 4.30. The second-order valence-corrected chi connectivity index (χ2v) is 6.49. The maximum absolute atomic E-state index is 12.6. The molecule has 2 heterocycles. The van der Waals surface area contributed by atoms with E-state index in [4.69, 9.17) is 4.42 Å². The van der Waals surface area contributed by atoms with Gasteiger partial charge in [0.2, 0.25) is 5.95 Å². The highest BCUT2D eigenvalue weighted by atomic mass is 16.3. The van der Waals surface area contributed by atoms with E-state index in [1.165, 1.54) is 5.56 Å². The molecule has 1 aliphatic carbocycles. The predicted octanol–water partition coefficient (Wildman–Crippen LogP) is 4.34. The molecule has 25 heavy (non-hydrogen) atoms. The summed E-state index contributed by atoms with van der Waals surface area (Å²) in [6, 6.07) is 11.8. The lowest BCUT2D eigenvalue weighted by Gasteiger charge is -2.23. The van der Waals surface area contributed by atoms with E-state index in [2.05, 4.69) is 15.3 Å². The molecular weight excluding hydrogens is 314 g/mol. The van der Waals surface area contributed by atoms with Crippen molar-refractivity contribution in [2.24, 2.45) is 0 Å². The van der Waals surface area contributed by atoms with E-state index in [-0.39, 0.29) is 11.7 Å². The van der Waals surface area contributed by atoms with E-state index in [1.54, 1.807) is 6.26 Å². The lowest BCUT2D eigenvalue weighted by Crippen LogP contribution is -2.22. The summed E-state index contributed by atoms with van der Waals surface area (Å²) in [6.07, 6.45) is 2.76. The summed E-state index contributed by atoms with van der Waals surface area (Å²) < 4.78 is 5.49. The number of Topliss-reactive ketones (excluding diaryl/α,β-unsaturated/α-hetero) is 1. The lowest BCUT2D eigenvalue weighted by atomic mass is 9.84. The number of anilines is 2. The molecule has 0 amide bonds. The second kappa shape index (κ2) is 6.16. The van der Waals surface area contributed by atoms with Crippen LogP contribution < -0.4 is 5.32 Å². The van der Waals surface area contributed by atoms with Gasteiger partial charge in [-0.1, -0.05) is 17.7 Å². The monoisotopic (exact) mass is 333 g/mol. The Morgan fingerprint density at radius 1 is 1.08 bits per heavy atom. The Labute approximate surface area is 146 Å². The van der Waals surface area contributed by atoms with Gasteiger partial charge in [-0.3, -0.25) is 4.79 Å². The summed E-state index contributed by atoms with van der Waals surface area (Å²) in [7, 11) is 0. The molecule has 5 nitrogen and oxygen atoms in total. The van der Waals surface area contributed by atoms with Crippen LogP contribution in [0.2, 0.25) is 0 Å². The number of nitrogens with one attached hydrogen (secondary N) is 1. The topological polar surface area (TPSA) is 68.0 Å². The molecule has 1 aliphatic rings. The molecule has 0 saturated carbocycles. The van der Waals surface area contributed by atoms with E-state index < -0.39 is 0 Å². The lowest BCUT2D eigenvalue weighted by molar-refractivity contribution is 0.0958. The number of ketones is 1. The van der Waals surface area contributed by atoms with Crippen LogP contribution >= 0.6 is 0 Å². The van der Waals surface area contributed by atoms with Gasteiger partial charge in [0.15, 0.2) is 5.78 Å². The van der Waals surface area contributed by atoms with Crippen LogP contribution in [0.3, 0.4) is 0 Å². The predicted molar refractivity (Wildman–Crippen MR) is 95.3 cm³/mol. The molecule has 0 unspecified atom stereocenters. The first kappa shape index (κ1) is 15.6. The van der Waals surface area contributed by atoms with Crippen LogP contribution in [0.1, 0.15) is 45.4 Å². The standard InChI is InChI=1S/C20H19N3O2/c1-12-5-7-15(8-6-12)22-20-21-13(2)19-16(23-20)10-14(11-17(19)24)18-4-3-9-25-18/h3-9,14H,10-11H2,1-2H3,(H,21,22,23)/t14-/m1/s1. The Hall–Kier alpha value is -2.95. The highest BCUT2D eigenvalue weighted by molar-refractivity contribution is 5.99. The second-order valence-electron chi connectivity index (χ2n) is 6.49. The minimum absolute atomic E-state index is 0.0384. The first-order valence-corrected chi connectivity index (χ1v) is 8.38. The minimum Gasteiger partial charge on any atom is -0.469 e. The van der Waals surface area contributed by atoms with Crippen molar-refractivity contribution < 1.29 is 9.21 Å². The molecule has 1 atom stereocenters. The first-order valence-electron chi connectivity index (χ1n) is 8.38. The van der Waals surface area contributed by atoms with E-state index in [0.717, 1.165) is 22.8 Å². The number of aryl methyl sites for hydroxylation is 2. The summed E-state index contributed by atoms with van der Waals surface area (Å²) in [6.45, 7) is 3.91. The fourth-order valence-corrected chi connectivity index (χ4v) is 3.32. The minimum atomic E-state index is 0.0384. The highest BCUT2D eigenvalue weighted by Crippen LogP contribution is 2.33. The van der Waals surface area contributed by atoms with Crippen molar-refractivity contribution in [1.82, 2.24) is 9.97 Å². The normalized spacial score (nSPS) is 16.6. The van der Waals surface area contributed by atoms with E-state index in [0.29, 0.717) is 24.4 Å². The third-order valence-electron chi connectivity index (χ3n) is 4.57. The maximum Gasteiger partial charge on any atom is 0.227 e. The van der Waals surface area contributed by atoms with Gasteiger partial charge in [0, 0.05) is 24.4 Å². The van der Waals surface area contributed by atoms with E-state index in [9.17, 15) is 4.79 Å². The van der Waals surface area contributed by atoms with Gasteiger partial charge >= 0.3 is 0 Å². The number of carbonyl (C=O) groups is 1. The van der Waals surface area contributed by atoms with E-state index >= 15 is 0 Å². The van der Waals surface area contributed by atoms with Crippen LogP contribution in [0.4, 0.5) is 11.6 Å². The van der Waals surface area contributed by atoms with E-state index in [1.807, 2.05) is 50.2 Å². The fourth-order valence-electron chi connectivity index (χ4n) is 3.32.